The van der Waals surface area contributed by atoms with Gasteiger partial charge < -0.3 is 15.4 Å². The lowest BCUT2D eigenvalue weighted by molar-refractivity contribution is -0.142. The monoisotopic (exact) mass is 277 g/mol. The summed E-state index contributed by atoms with van der Waals surface area (Å²) in [5, 5.41) is 11.9. The van der Waals surface area contributed by atoms with Gasteiger partial charge in [-0.15, -0.1) is 0 Å². The Bertz CT molecular complexity index is 488. The van der Waals surface area contributed by atoms with Gasteiger partial charge in [0.25, 0.3) is 0 Å². The van der Waals surface area contributed by atoms with Crippen LogP contribution in [-0.4, -0.2) is 33.0 Å². The molecule has 1 aromatic heterocycles. The Balaban J connectivity index is 1.59. The molecule has 6 nitrogen and oxygen atoms in total. The molecule has 0 aliphatic heterocycles. The Kier molecular flexibility index (Phi) is 3.46. The van der Waals surface area contributed by atoms with Gasteiger partial charge in [-0.05, 0) is 24.7 Å². The summed E-state index contributed by atoms with van der Waals surface area (Å²) in [7, 11) is 0. The zero-order valence-electron chi connectivity index (χ0n) is 11.2. The number of fused-ring (bicyclic) bond motifs is 1. The summed E-state index contributed by atoms with van der Waals surface area (Å²) in [6, 6.07) is -0.884. The summed E-state index contributed by atoms with van der Waals surface area (Å²) in [4.78, 5) is 30.2. The quantitative estimate of drug-likeness (QED) is 0.747. The number of carboxylic acids is 1. The molecule has 1 amide bonds. The maximum Gasteiger partial charge on any atom is 0.326 e. The molecule has 2 saturated carbocycles. The van der Waals surface area contributed by atoms with Gasteiger partial charge >= 0.3 is 5.97 Å². The van der Waals surface area contributed by atoms with E-state index < -0.39 is 12.0 Å². The second kappa shape index (κ2) is 5.26. The molecule has 0 bridgehead atoms. The average molecular weight is 277 g/mol. The van der Waals surface area contributed by atoms with Crippen molar-refractivity contribution in [1.29, 1.82) is 0 Å². The fraction of sp³-hybridized carbons (Fsp3) is 0.643. The topological polar surface area (TPSA) is 95.1 Å². The number of rotatable bonds is 5. The summed E-state index contributed by atoms with van der Waals surface area (Å²) in [6.07, 6.45) is 7.94. The molecule has 0 saturated heterocycles. The fourth-order valence-corrected chi connectivity index (χ4v) is 3.47. The van der Waals surface area contributed by atoms with Crippen LogP contribution in [0.15, 0.2) is 12.5 Å². The van der Waals surface area contributed by atoms with Gasteiger partial charge in [0.1, 0.15) is 6.04 Å². The van der Waals surface area contributed by atoms with Crippen LogP contribution < -0.4 is 5.32 Å². The van der Waals surface area contributed by atoms with Crippen molar-refractivity contribution in [3.8, 4) is 0 Å². The molecule has 3 atom stereocenters. The number of aromatic nitrogens is 2. The molecule has 0 aromatic carbocycles. The summed E-state index contributed by atoms with van der Waals surface area (Å²) >= 11 is 0. The van der Waals surface area contributed by atoms with Gasteiger partial charge in [-0.2, -0.15) is 0 Å². The molecule has 2 fully saturated rings. The van der Waals surface area contributed by atoms with E-state index in [9.17, 15) is 14.7 Å². The van der Waals surface area contributed by atoms with E-state index in [0.29, 0.717) is 17.5 Å². The fourth-order valence-electron chi connectivity index (χ4n) is 3.47. The first-order valence-corrected chi connectivity index (χ1v) is 7.17. The maximum absolute atomic E-state index is 12.2. The lowest BCUT2D eigenvalue weighted by Crippen LogP contribution is -2.43. The normalized spacial score (nSPS) is 29.3. The van der Waals surface area contributed by atoms with E-state index in [1.165, 1.54) is 19.2 Å². The first kappa shape index (κ1) is 13.1. The van der Waals surface area contributed by atoms with Crippen molar-refractivity contribution in [2.45, 2.75) is 38.1 Å². The van der Waals surface area contributed by atoms with Crippen LogP contribution in [0.1, 0.15) is 31.4 Å². The standard InChI is InChI=1S/C14H19N3O3/c18-13(12-9-3-1-2-4-10(9)12)17-11(14(19)20)5-8-6-15-7-16-8/h6-7,9-12H,1-5H2,(H,15,16)(H,17,18)(H,19,20)/t9?,10?,11-,12?/m1/s1. The third-order valence-electron chi connectivity index (χ3n) is 4.55. The Morgan fingerprint density at radius 2 is 2.10 bits per heavy atom. The number of aromatic amines is 1. The van der Waals surface area contributed by atoms with Gasteiger partial charge in [0.2, 0.25) is 5.91 Å². The van der Waals surface area contributed by atoms with Crippen molar-refractivity contribution in [3.05, 3.63) is 18.2 Å². The Morgan fingerprint density at radius 1 is 1.40 bits per heavy atom. The lowest BCUT2D eigenvalue weighted by Gasteiger charge is -2.13. The van der Waals surface area contributed by atoms with E-state index in [0.717, 1.165) is 12.8 Å². The molecule has 3 rings (SSSR count). The van der Waals surface area contributed by atoms with Gasteiger partial charge in [0.15, 0.2) is 0 Å². The van der Waals surface area contributed by atoms with Crippen LogP contribution in [-0.2, 0) is 16.0 Å². The first-order chi connectivity index (χ1) is 9.66. The highest BCUT2D eigenvalue weighted by Crippen LogP contribution is 2.55. The smallest absolute Gasteiger partial charge is 0.326 e. The molecule has 2 unspecified atom stereocenters. The highest BCUT2D eigenvalue weighted by Gasteiger charge is 2.55. The third kappa shape index (κ3) is 2.55. The average Bonchev–Trinajstić information content (AvgIpc) is 2.94. The van der Waals surface area contributed by atoms with Crippen molar-refractivity contribution < 1.29 is 14.7 Å². The van der Waals surface area contributed by atoms with Crippen LogP contribution >= 0.6 is 0 Å². The zero-order valence-corrected chi connectivity index (χ0v) is 11.2. The number of nitrogens with zero attached hydrogens (tertiary/aromatic N) is 1. The van der Waals surface area contributed by atoms with Crippen molar-refractivity contribution in [1.82, 2.24) is 15.3 Å². The Hall–Kier alpha value is -1.85. The Morgan fingerprint density at radius 3 is 2.65 bits per heavy atom. The number of carbonyl (C=O) groups excluding carboxylic acids is 1. The number of imidazole rings is 1. The summed E-state index contributed by atoms with van der Waals surface area (Å²) in [5.41, 5.74) is 0.714. The van der Waals surface area contributed by atoms with Gasteiger partial charge in [-0.1, -0.05) is 12.8 Å². The highest BCUT2D eigenvalue weighted by molar-refractivity contribution is 5.87. The minimum atomic E-state index is -1.00. The maximum atomic E-state index is 12.2. The number of hydrogen-bond donors (Lipinski definition) is 3. The predicted molar refractivity (Wildman–Crippen MR) is 70.8 cm³/mol. The van der Waals surface area contributed by atoms with Gasteiger partial charge in [-0.25, -0.2) is 9.78 Å². The van der Waals surface area contributed by atoms with Gasteiger partial charge in [0, 0.05) is 24.2 Å². The number of aliphatic carboxylic acids is 1. The van der Waals surface area contributed by atoms with Crippen LogP contribution in [0, 0.1) is 17.8 Å². The van der Waals surface area contributed by atoms with Gasteiger partial charge in [-0.3, -0.25) is 4.79 Å². The molecule has 1 aromatic rings. The van der Waals surface area contributed by atoms with Crippen molar-refractivity contribution in [2.24, 2.45) is 17.8 Å². The molecule has 2 aliphatic carbocycles. The van der Waals surface area contributed by atoms with E-state index in [2.05, 4.69) is 15.3 Å². The van der Waals surface area contributed by atoms with E-state index in [4.69, 9.17) is 0 Å². The minimum Gasteiger partial charge on any atom is -0.480 e. The first-order valence-electron chi connectivity index (χ1n) is 7.17. The highest BCUT2D eigenvalue weighted by atomic mass is 16.4. The molecule has 0 radical (unpaired) electrons. The summed E-state index contributed by atoms with van der Waals surface area (Å²) < 4.78 is 0. The molecular weight excluding hydrogens is 258 g/mol. The SMILES string of the molecule is O=C(N[C@H](Cc1cnc[nH]1)C(=O)O)C1C2CCCCC21. The number of carbonyl (C=O) groups is 2. The number of carboxylic acid groups (broad SMARTS) is 1. The van der Waals surface area contributed by atoms with E-state index >= 15 is 0 Å². The molecule has 20 heavy (non-hydrogen) atoms. The van der Waals surface area contributed by atoms with Crippen LogP contribution in [0.2, 0.25) is 0 Å². The van der Waals surface area contributed by atoms with E-state index in [1.807, 2.05) is 0 Å². The number of H-pyrrole nitrogens is 1. The second-order valence-electron chi connectivity index (χ2n) is 5.82. The molecule has 2 aliphatic rings. The Labute approximate surface area is 117 Å². The lowest BCUT2D eigenvalue weighted by atomic mass is 10.0. The predicted octanol–water partition coefficient (Wildman–Crippen LogP) is 0.958. The van der Waals surface area contributed by atoms with Crippen molar-refractivity contribution >= 4 is 11.9 Å². The van der Waals surface area contributed by atoms with Crippen molar-refractivity contribution in [3.63, 3.8) is 0 Å². The van der Waals surface area contributed by atoms with Crippen LogP contribution in [0.4, 0.5) is 0 Å². The summed E-state index contributed by atoms with van der Waals surface area (Å²) in [6.45, 7) is 0. The number of amides is 1. The number of hydrogen-bond acceptors (Lipinski definition) is 3. The molecule has 0 spiro atoms. The molecule has 3 N–H and O–H groups in total. The van der Waals surface area contributed by atoms with Crippen LogP contribution in [0.3, 0.4) is 0 Å². The third-order valence-corrected chi connectivity index (χ3v) is 4.55. The van der Waals surface area contributed by atoms with Crippen molar-refractivity contribution in [2.75, 3.05) is 0 Å². The molecular formula is C14H19N3O3. The van der Waals surface area contributed by atoms with Gasteiger partial charge in [0.05, 0.1) is 6.33 Å². The molecule has 1 heterocycles. The van der Waals surface area contributed by atoms with E-state index in [-0.39, 0.29) is 18.2 Å². The van der Waals surface area contributed by atoms with Crippen LogP contribution in [0.25, 0.3) is 0 Å². The number of nitrogens with one attached hydrogen (secondary N) is 2. The molecule has 108 valence electrons. The largest absolute Gasteiger partial charge is 0.480 e. The zero-order chi connectivity index (χ0) is 14.1. The molecule has 6 heteroatoms. The minimum absolute atomic E-state index is 0.0427. The second-order valence-corrected chi connectivity index (χ2v) is 5.82. The summed E-state index contributed by atoms with van der Waals surface area (Å²) in [5.74, 6) is -0.0674. The van der Waals surface area contributed by atoms with E-state index in [1.54, 1.807) is 6.20 Å². The van der Waals surface area contributed by atoms with Crippen LogP contribution in [0.5, 0.6) is 0 Å².